The highest BCUT2D eigenvalue weighted by molar-refractivity contribution is 5.34. The summed E-state index contributed by atoms with van der Waals surface area (Å²) in [5.41, 5.74) is 1.83. The average Bonchev–Trinajstić information content (AvgIpc) is 2.49. The fraction of sp³-hybridized carbons (Fsp3) is 0.250. The van der Waals surface area contributed by atoms with Crippen LogP contribution in [0.15, 0.2) is 48.8 Å². The van der Waals surface area contributed by atoms with Crippen LogP contribution in [0.5, 0.6) is 5.75 Å². The van der Waals surface area contributed by atoms with Gasteiger partial charge in [-0.3, -0.25) is 9.88 Å². The van der Waals surface area contributed by atoms with Crippen LogP contribution in [0, 0.1) is 11.3 Å². The van der Waals surface area contributed by atoms with Crippen LogP contribution in [0.25, 0.3) is 0 Å². The Bertz CT molecular complexity index is 561. The van der Waals surface area contributed by atoms with E-state index < -0.39 is 0 Å². The van der Waals surface area contributed by atoms with Crippen molar-refractivity contribution < 1.29 is 4.74 Å². The van der Waals surface area contributed by atoms with Crippen LogP contribution < -0.4 is 4.74 Å². The van der Waals surface area contributed by atoms with Gasteiger partial charge in [-0.15, -0.1) is 0 Å². The summed E-state index contributed by atoms with van der Waals surface area (Å²) >= 11 is 0. The van der Waals surface area contributed by atoms with E-state index in [4.69, 9.17) is 10.00 Å². The Kier molecular flexibility index (Phi) is 5.10. The lowest BCUT2D eigenvalue weighted by Crippen LogP contribution is -2.23. The summed E-state index contributed by atoms with van der Waals surface area (Å²) in [6, 6.07) is 13.2. The van der Waals surface area contributed by atoms with Gasteiger partial charge in [-0.25, -0.2) is 0 Å². The molecule has 4 heteroatoms. The van der Waals surface area contributed by atoms with Gasteiger partial charge in [-0.1, -0.05) is 6.07 Å². The van der Waals surface area contributed by atoms with Gasteiger partial charge in [0.05, 0.1) is 11.6 Å². The summed E-state index contributed by atoms with van der Waals surface area (Å²) in [4.78, 5) is 6.28. The third-order valence-electron chi connectivity index (χ3n) is 2.90. The largest absolute Gasteiger partial charge is 0.492 e. The molecule has 0 saturated carbocycles. The van der Waals surface area contributed by atoms with Gasteiger partial charge in [-0.05, 0) is 42.9 Å². The number of hydrogen-bond acceptors (Lipinski definition) is 4. The fourth-order valence-electron chi connectivity index (χ4n) is 1.83. The van der Waals surface area contributed by atoms with E-state index in [-0.39, 0.29) is 0 Å². The summed E-state index contributed by atoms with van der Waals surface area (Å²) in [7, 11) is 2.05. The van der Waals surface area contributed by atoms with Crippen molar-refractivity contribution >= 4 is 0 Å². The molecule has 1 aromatic heterocycles. The molecule has 0 aliphatic rings. The molecule has 102 valence electrons. The highest BCUT2D eigenvalue weighted by Crippen LogP contribution is 2.11. The monoisotopic (exact) mass is 267 g/mol. The van der Waals surface area contributed by atoms with Crippen molar-refractivity contribution in [3.05, 3.63) is 59.9 Å². The number of hydrogen-bond donors (Lipinski definition) is 0. The van der Waals surface area contributed by atoms with E-state index in [1.54, 1.807) is 18.3 Å². The maximum atomic E-state index is 8.71. The summed E-state index contributed by atoms with van der Waals surface area (Å²) in [5.74, 6) is 0.791. The first-order chi connectivity index (χ1) is 9.78. The zero-order valence-corrected chi connectivity index (χ0v) is 11.5. The van der Waals surface area contributed by atoms with Gasteiger partial charge >= 0.3 is 0 Å². The smallest absolute Gasteiger partial charge is 0.119 e. The van der Waals surface area contributed by atoms with Gasteiger partial charge in [0.15, 0.2) is 0 Å². The second-order valence-corrected chi connectivity index (χ2v) is 4.58. The molecule has 2 rings (SSSR count). The molecule has 0 amide bonds. The van der Waals surface area contributed by atoms with Gasteiger partial charge in [0, 0.05) is 25.5 Å². The molecular weight excluding hydrogens is 250 g/mol. The zero-order chi connectivity index (χ0) is 14.2. The van der Waals surface area contributed by atoms with Crippen LogP contribution >= 0.6 is 0 Å². The lowest BCUT2D eigenvalue weighted by Gasteiger charge is -2.16. The quantitative estimate of drug-likeness (QED) is 0.806. The maximum Gasteiger partial charge on any atom is 0.119 e. The normalized spacial score (nSPS) is 10.2. The van der Waals surface area contributed by atoms with E-state index in [1.165, 1.54) is 5.56 Å². The van der Waals surface area contributed by atoms with Crippen molar-refractivity contribution in [1.82, 2.24) is 9.88 Å². The van der Waals surface area contributed by atoms with Crippen LogP contribution in [0.2, 0.25) is 0 Å². The van der Waals surface area contributed by atoms with E-state index in [9.17, 15) is 0 Å². The second-order valence-electron chi connectivity index (χ2n) is 4.58. The molecule has 0 aliphatic heterocycles. The lowest BCUT2D eigenvalue weighted by atomic mass is 10.2. The van der Waals surface area contributed by atoms with E-state index in [1.807, 2.05) is 24.4 Å². The van der Waals surface area contributed by atoms with Gasteiger partial charge in [0.2, 0.25) is 0 Å². The summed E-state index contributed by atoms with van der Waals surface area (Å²) in [6.45, 7) is 2.29. The first-order valence-electron chi connectivity index (χ1n) is 6.48. The standard InChI is InChI=1S/C16H17N3O/c1-19(13-15-3-2-8-18-12-15)9-10-20-16-6-4-14(11-17)5-7-16/h2-8,12H,9-10,13H2,1H3. The number of aromatic nitrogens is 1. The molecule has 0 unspecified atom stereocenters. The molecule has 0 aliphatic carbocycles. The molecule has 4 nitrogen and oxygen atoms in total. The Morgan fingerprint density at radius 1 is 1.25 bits per heavy atom. The molecule has 0 radical (unpaired) electrons. The molecule has 0 N–H and O–H groups in total. The zero-order valence-electron chi connectivity index (χ0n) is 11.5. The Morgan fingerprint density at radius 2 is 2.05 bits per heavy atom. The molecule has 20 heavy (non-hydrogen) atoms. The van der Waals surface area contributed by atoms with Gasteiger partial charge < -0.3 is 4.74 Å². The molecule has 2 aromatic rings. The third-order valence-corrected chi connectivity index (χ3v) is 2.90. The number of nitriles is 1. The lowest BCUT2D eigenvalue weighted by molar-refractivity contribution is 0.232. The van der Waals surface area contributed by atoms with Crippen molar-refractivity contribution in [3.63, 3.8) is 0 Å². The summed E-state index contributed by atoms with van der Waals surface area (Å²) in [6.07, 6.45) is 3.65. The molecular formula is C16H17N3O. The molecule has 1 aromatic carbocycles. The van der Waals surface area contributed by atoms with Crippen LogP contribution in [-0.2, 0) is 6.54 Å². The van der Waals surface area contributed by atoms with Crippen molar-refractivity contribution in [2.75, 3.05) is 20.2 Å². The average molecular weight is 267 g/mol. The number of likely N-dealkylation sites (N-methyl/N-ethyl adjacent to an activating group) is 1. The van der Waals surface area contributed by atoms with Crippen LogP contribution in [-0.4, -0.2) is 30.1 Å². The highest BCUT2D eigenvalue weighted by atomic mass is 16.5. The predicted octanol–water partition coefficient (Wildman–Crippen LogP) is 2.46. The van der Waals surface area contributed by atoms with Gasteiger partial charge in [-0.2, -0.15) is 5.26 Å². The number of benzene rings is 1. The minimum atomic E-state index is 0.614. The van der Waals surface area contributed by atoms with Gasteiger partial charge in [0.25, 0.3) is 0 Å². The van der Waals surface area contributed by atoms with E-state index in [2.05, 4.69) is 29.1 Å². The van der Waals surface area contributed by atoms with E-state index >= 15 is 0 Å². The number of pyridine rings is 1. The van der Waals surface area contributed by atoms with Crippen molar-refractivity contribution in [2.24, 2.45) is 0 Å². The van der Waals surface area contributed by atoms with Crippen LogP contribution in [0.3, 0.4) is 0 Å². The molecule has 0 bridgehead atoms. The Labute approximate surface area is 119 Å². The molecule has 0 atom stereocenters. The minimum absolute atomic E-state index is 0.614. The molecule has 1 heterocycles. The van der Waals surface area contributed by atoms with Gasteiger partial charge in [0.1, 0.15) is 12.4 Å². The van der Waals surface area contributed by atoms with Crippen molar-refractivity contribution in [3.8, 4) is 11.8 Å². The van der Waals surface area contributed by atoms with Crippen LogP contribution in [0.1, 0.15) is 11.1 Å². The fourth-order valence-corrected chi connectivity index (χ4v) is 1.83. The van der Waals surface area contributed by atoms with Crippen LogP contribution in [0.4, 0.5) is 0 Å². The molecule has 0 spiro atoms. The number of rotatable bonds is 6. The third kappa shape index (κ3) is 4.38. The van der Waals surface area contributed by atoms with Crippen molar-refractivity contribution in [1.29, 1.82) is 5.26 Å². The summed E-state index contributed by atoms with van der Waals surface area (Å²) in [5, 5.41) is 8.71. The van der Waals surface area contributed by atoms with E-state index in [0.29, 0.717) is 12.2 Å². The van der Waals surface area contributed by atoms with E-state index in [0.717, 1.165) is 18.8 Å². The Hall–Kier alpha value is -2.38. The Balaban J connectivity index is 1.73. The summed E-state index contributed by atoms with van der Waals surface area (Å²) < 4.78 is 5.65. The topological polar surface area (TPSA) is 49.1 Å². The number of nitrogens with zero attached hydrogens (tertiary/aromatic N) is 3. The highest BCUT2D eigenvalue weighted by Gasteiger charge is 2.01. The molecule has 0 fully saturated rings. The first-order valence-corrected chi connectivity index (χ1v) is 6.48. The molecule has 0 saturated heterocycles. The van der Waals surface area contributed by atoms with Crippen molar-refractivity contribution in [2.45, 2.75) is 6.54 Å². The minimum Gasteiger partial charge on any atom is -0.492 e. The maximum absolute atomic E-state index is 8.71. The second kappa shape index (κ2) is 7.27. The SMILES string of the molecule is CN(CCOc1ccc(C#N)cc1)Cc1cccnc1. The predicted molar refractivity (Wildman–Crippen MR) is 77.2 cm³/mol. The Morgan fingerprint density at radius 3 is 2.70 bits per heavy atom. The first kappa shape index (κ1) is 14.0. The number of ether oxygens (including phenoxy) is 1.